The first-order chi connectivity index (χ1) is 10.1. The highest BCUT2D eigenvalue weighted by atomic mass is 16.2. The summed E-state index contributed by atoms with van der Waals surface area (Å²) in [5, 5.41) is 3.75. The molecule has 0 radical (unpaired) electrons. The molecule has 3 rings (SSSR count). The van der Waals surface area contributed by atoms with E-state index in [1.54, 1.807) is 6.92 Å². The summed E-state index contributed by atoms with van der Waals surface area (Å²) in [5.41, 5.74) is 3.98. The van der Waals surface area contributed by atoms with Crippen LogP contribution in [0.25, 0.3) is 0 Å². The molecule has 3 heteroatoms. The fourth-order valence-corrected chi connectivity index (χ4v) is 3.53. The Morgan fingerprint density at radius 1 is 1.33 bits per heavy atom. The number of likely N-dealkylation sites (tertiary alicyclic amines) is 1. The van der Waals surface area contributed by atoms with Crippen molar-refractivity contribution in [3.05, 3.63) is 41.5 Å². The third-order valence-corrected chi connectivity index (χ3v) is 4.72. The number of allylic oxidation sites excluding steroid dienone is 1. The average Bonchev–Trinajstić information content (AvgIpc) is 2.70. The van der Waals surface area contributed by atoms with Gasteiger partial charge < -0.3 is 10.2 Å². The second kappa shape index (κ2) is 5.55. The van der Waals surface area contributed by atoms with Crippen LogP contribution < -0.4 is 5.32 Å². The topological polar surface area (TPSA) is 32.3 Å². The van der Waals surface area contributed by atoms with E-state index < -0.39 is 0 Å². The van der Waals surface area contributed by atoms with Gasteiger partial charge in [0.15, 0.2) is 0 Å². The van der Waals surface area contributed by atoms with Gasteiger partial charge in [-0.2, -0.15) is 0 Å². The van der Waals surface area contributed by atoms with E-state index in [4.69, 9.17) is 0 Å². The lowest BCUT2D eigenvalue weighted by Gasteiger charge is -2.37. The SMILES string of the molecule is CC(=O)N1CC2=CC[C@H](C1)[C@H]2Nc1ccccc1C(C)C. The van der Waals surface area contributed by atoms with Gasteiger partial charge in [0.05, 0.1) is 6.04 Å². The van der Waals surface area contributed by atoms with Crippen molar-refractivity contribution in [1.82, 2.24) is 4.90 Å². The van der Waals surface area contributed by atoms with Crippen molar-refractivity contribution in [2.75, 3.05) is 18.4 Å². The molecule has 1 saturated heterocycles. The van der Waals surface area contributed by atoms with Crippen molar-refractivity contribution in [3.63, 3.8) is 0 Å². The van der Waals surface area contributed by atoms with E-state index in [2.05, 4.69) is 49.5 Å². The van der Waals surface area contributed by atoms with Crippen LogP contribution >= 0.6 is 0 Å². The number of nitrogens with one attached hydrogen (secondary N) is 1. The molecule has 1 amide bonds. The van der Waals surface area contributed by atoms with E-state index in [1.807, 2.05) is 4.90 Å². The molecule has 1 aliphatic carbocycles. The fraction of sp³-hybridized carbons (Fsp3) is 0.500. The predicted octanol–water partition coefficient (Wildman–Crippen LogP) is 3.40. The van der Waals surface area contributed by atoms with Crippen LogP contribution in [0.2, 0.25) is 0 Å². The smallest absolute Gasteiger partial charge is 0.219 e. The first kappa shape index (κ1) is 14.2. The van der Waals surface area contributed by atoms with Gasteiger partial charge in [0.2, 0.25) is 5.91 Å². The second-order valence-electron chi connectivity index (χ2n) is 6.54. The molecule has 2 bridgehead atoms. The summed E-state index contributed by atoms with van der Waals surface area (Å²) in [6, 6.07) is 8.96. The molecule has 0 unspecified atom stereocenters. The van der Waals surface area contributed by atoms with E-state index in [0.29, 0.717) is 17.9 Å². The molecule has 112 valence electrons. The molecular formula is C18H24N2O. The van der Waals surface area contributed by atoms with Crippen molar-refractivity contribution in [2.45, 2.75) is 39.2 Å². The summed E-state index contributed by atoms with van der Waals surface area (Å²) in [5.74, 6) is 1.21. The lowest BCUT2D eigenvalue weighted by molar-refractivity contribution is -0.129. The third kappa shape index (κ3) is 2.69. The third-order valence-electron chi connectivity index (χ3n) is 4.72. The molecule has 3 nitrogen and oxygen atoms in total. The summed E-state index contributed by atoms with van der Waals surface area (Å²) >= 11 is 0. The molecule has 1 aromatic rings. The minimum Gasteiger partial charge on any atom is -0.378 e. The van der Waals surface area contributed by atoms with E-state index in [0.717, 1.165) is 19.5 Å². The van der Waals surface area contributed by atoms with Crippen LogP contribution in [0.4, 0.5) is 5.69 Å². The number of amides is 1. The zero-order valence-electron chi connectivity index (χ0n) is 13.1. The second-order valence-corrected chi connectivity index (χ2v) is 6.54. The van der Waals surface area contributed by atoms with Crippen molar-refractivity contribution >= 4 is 11.6 Å². The van der Waals surface area contributed by atoms with Crippen LogP contribution in [0.1, 0.15) is 38.7 Å². The van der Waals surface area contributed by atoms with Gasteiger partial charge >= 0.3 is 0 Å². The Labute approximate surface area is 127 Å². The van der Waals surface area contributed by atoms with E-state index in [-0.39, 0.29) is 5.91 Å². The van der Waals surface area contributed by atoms with Crippen molar-refractivity contribution in [3.8, 4) is 0 Å². The van der Waals surface area contributed by atoms with E-state index in [9.17, 15) is 4.79 Å². The van der Waals surface area contributed by atoms with Crippen LogP contribution in [0.15, 0.2) is 35.9 Å². The molecule has 21 heavy (non-hydrogen) atoms. The molecule has 1 fully saturated rings. The number of nitrogens with zero attached hydrogens (tertiary/aromatic N) is 1. The molecule has 0 saturated carbocycles. The highest BCUT2D eigenvalue weighted by molar-refractivity contribution is 5.74. The average molecular weight is 284 g/mol. The van der Waals surface area contributed by atoms with Gasteiger partial charge in [-0.25, -0.2) is 0 Å². The number of fused-ring (bicyclic) bond motifs is 2. The number of carbonyl (C=O) groups is 1. The number of rotatable bonds is 3. The Hall–Kier alpha value is -1.77. The molecule has 1 N–H and O–H groups in total. The molecule has 2 atom stereocenters. The number of anilines is 1. The van der Waals surface area contributed by atoms with Crippen LogP contribution in [0, 0.1) is 5.92 Å². The monoisotopic (exact) mass is 284 g/mol. The first-order valence-corrected chi connectivity index (χ1v) is 7.86. The Balaban J connectivity index is 1.79. The molecule has 2 aliphatic rings. The van der Waals surface area contributed by atoms with E-state index in [1.165, 1.54) is 16.8 Å². The molecule has 1 heterocycles. The van der Waals surface area contributed by atoms with Gasteiger partial charge in [-0.15, -0.1) is 0 Å². The molecular weight excluding hydrogens is 260 g/mol. The van der Waals surface area contributed by atoms with E-state index >= 15 is 0 Å². The van der Waals surface area contributed by atoms with Crippen LogP contribution in [0.3, 0.4) is 0 Å². The zero-order chi connectivity index (χ0) is 15.0. The Kier molecular flexibility index (Phi) is 3.75. The summed E-state index contributed by atoms with van der Waals surface area (Å²) < 4.78 is 0. The quantitative estimate of drug-likeness (QED) is 0.863. The van der Waals surface area contributed by atoms with Gasteiger partial charge in [0, 0.05) is 31.6 Å². The predicted molar refractivity (Wildman–Crippen MR) is 86.4 cm³/mol. The van der Waals surface area contributed by atoms with Crippen LogP contribution in [0.5, 0.6) is 0 Å². The maximum absolute atomic E-state index is 11.6. The van der Waals surface area contributed by atoms with Crippen molar-refractivity contribution < 1.29 is 4.79 Å². The van der Waals surface area contributed by atoms with Crippen LogP contribution in [-0.4, -0.2) is 29.9 Å². The maximum Gasteiger partial charge on any atom is 0.219 e. The minimum atomic E-state index is 0.189. The van der Waals surface area contributed by atoms with Crippen molar-refractivity contribution in [1.29, 1.82) is 0 Å². The summed E-state index contributed by atoms with van der Waals surface area (Å²) in [6.45, 7) is 7.78. The number of carbonyl (C=O) groups excluding carboxylic acids is 1. The summed E-state index contributed by atoms with van der Waals surface area (Å²) in [7, 11) is 0. The maximum atomic E-state index is 11.6. The van der Waals surface area contributed by atoms with Gasteiger partial charge in [0.1, 0.15) is 0 Å². The summed E-state index contributed by atoms with van der Waals surface area (Å²) in [4.78, 5) is 13.6. The molecule has 1 aromatic carbocycles. The molecule has 1 aliphatic heterocycles. The lowest BCUT2D eigenvalue weighted by Crippen LogP contribution is -2.47. The van der Waals surface area contributed by atoms with Crippen LogP contribution in [-0.2, 0) is 4.79 Å². The lowest BCUT2D eigenvalue weighted by atomic mass is 9.92. The highest BCUT2D eigenvalue weighted by Crippen LogP contribution is 2.35. The van der Waals surface area contributed by atoms with Gasteiger partial charge in [-0.3, -0.25) is 4.79 Å². The number of benzene rings is 1. The Morgan fingerprint density at radius 3 is 2.76 bits per heavy atom. The highest BCUT2D eigenvalue weighted by Gasteiger charge is 2.37. The van der Waals surface area contributed by atoms with Gasteiger partial charge in [-0.05, 0) is 29.5 Å². The minimum absolute atomic E-state index is 0.189. The van der Waals surface area contributed by atoms with Gasteiger partial charge in [0.25, 0.3) is 0 Å². The fourth-order valence-electron chi connectivity index (χ4n) is 3.53. The zero-order valence-corrected chi connectivity index (χ0v) is 13.1. The molecule has 0 spiro atoms. The van der Waals surface area contributed by atoms with Gasteiger partial charge in [-0.1, -0.05) is 38.1 Å². The first-order valence-electron chi connectivity index (χ1n) is 7.86. The number of hydrogen-bond acceptors (Lipinski definition) is 2. The summed E-state index contributed by atoms with van der Waals surface area (Å²) in [6.07, 6.45) is 3.41. The van der Waals surface area contributed by atoms with Crippen molar-refractivity contribution in [2.24, 2.45) is 5.92 Å². The molecule has 0 aromatic heterocycles. The normalized spacial score (nSPS) is 24.2. The standard InChI is InChI=1S/C18H24N2O/c1-12(2)16-6-4-5-7-17(16)19-18-14-8-9-15(18)11-20(10-14)13(3)21/h4-8,12,15,18-19H,9-11H2,1-3H3/t15-,18+/m1/s1. The largest absolute Gasteiger partial charge is 0.378 e. The number of para-hydroxylation sites is 1. The number of hydrogen-bond donors (Lipinski definition) is 1. The Morgan fingerprint density at radius 2 is 2.10 bits per heavy atom. The number of piperidine rings is 1. The Bertz CT molecular complexity index is 576.